The van der Waals surface area contributed by atoms with Gasteiger partial charge in [0.15, 0.2) is 5.79 Å². The smallest absolute Gasteiger partial charge is 0.303 e. The zero-order valence-corrected chi connectivity index (χ0v) is 14.2. The molecule has 23 heavy (non-hydrogen) atoms. The summed E-state index contributed by atoms with van der Waals surface area (Å²) in [6, 6.07) is 10.4. The summed E-state index contributed by atoms with van der Waals surface area (Å²) < 4.78 is 17.7. The summed E-state index contributed by atoms with van der Waals surface area (Å²) in [5, 5.41) is 0. The molecule has 126 valence electrons. The van der Waals surface area contributed by atoms with Crippen LogP contribution in [0.25, 0.3) is 0 Å². The van der Waals surface area contributed by atoms with Crippen molar-refractivity contribution in [3.05, 3.63) is 35.9 Å². The van der Waals surface area contributed by atoms with Crippen molar-refractivity contribution < 1.29 is 19.0 Å². The number of rotatable bonds is 4. The molecule has 0 spiro atoms. The molecule has 0 N–H and O–H groups in total. The number of hydrogen-bond acceptors (Lipinski definition) is 4. The van der Waals surface area contributed by atoms with E-state index in [9.17, 15) is 4.79 Å². The van der Waals surface area contributed by atoms with Gasteiger partial charge in [-0.3, -0.25) is 4.79 Å². The highest BCUT2D eigenvalue weighted by atomic mass is 16.8. The summed E-state index contributed by atoms with van der Waals surface area (Å²) in [7, 11) is 0. The fraction of sp³-hybridized carbons (Fsp3) is 0.632. The molecule has 1 aliphatic carbocycles. The van der Waals surface area contributed by atoms with Gasteiger partial charge in [-0.2, -0.15) is 0 Å². The minimum absolute atomic E-state index is 0.0299. The van der Waals surface area contributed by atoms with E-state index < -0.39 is 5.79 Å². The summed E-state index contributed by atoms with van der Waals surface area (Å²) in [5.41, 5.74) is 1.32. The second-order valence-electron chi connectivity index (χ2n) is 7.07. The van der Waals surface area contributed by atoms with E-state index in [0.29, 0.717) is 5.92 Å². The van der Waals surface area contributed by atoms with Gasteiger partial charge < -0.3 is 14.2 Å². The Morgan fingerprint density at radius 1 is 1.22 bits per heavy atom. The van der Waals surface area contributed by atoms with Crippen LogP contribution in [0.3, 0.4) is 0 Å². The summed E-state index contributed by atoms with van der Waals surface area (Å²) in [4.78, 5) is 11.6. The lowest BCUT2D eigenvalue weighted by atomic mass is 9.79. The summed E-state index contributed by atoms with van der Waals surface area (Å²) in [5.74, 6) is -0.520. The Morgan fingerprint density at radius 3 is 2.65 bits per heavy atom. The fourth-order valence-corrected chi connectivity index (χ4v) is 3.84. The molecule has 3 rings (SSSR count). The van der Waals surface area contributed by atoms with Crippen molar-refractivity contribution in [3.8, 4) is 0 Å². The number of benzene rings is 1. The molecular weight excluding hydrogens is 292 g/mol. The maximum absolute atomic E-state index is 11.6. The molecule has 2 fully saturated rings. The molecule has 1 aromatic rings. The molecule has 1 saturated carbocycles. The second kappa shape index (κ2) is 6.62. The normalized spacial score (nSPS) is 32.3. The van der Waals surface area contributed by atoms with Crippen LogP contribution in [0.5, 0.6) is 0 Å². The Bertz CT molecular complexity index is 540. The number of carbonyl (C=O) groups is 1. The van der Waals surface area contributed by atoms with E-state index in [2.05, 4.69) is 24.3 Å². The topological polar surface area (TPSA) is 44.8 Å². The van der Waals surface area contributed by atoms with Gasteiger partial charge in [0.2, 0.25) is 0 Å². The Morgan fingerprint density at radius 2 is 1.96 bits per heavy atom. The first-order valence-corrected chi connectivity index (χ1v) is 8.51. The number of ether oxygens (including phenoxy) is 3. The maximum Gasteiger partial charge on any atom is 0.303 e. The van der Waals surface area contributed by atoms with E-state index in [1.54, 1.807) is 0 Å². The standard InChI is InChI=1S/C19H26O4/c1-13(20)21-17-15(10-9-14-7-5-4-6-8-14)11-12-16-18(17)23-19(2,3)22-16/h4-8,15-18H,9-12H2,1-3H3. The Hall–Kier alpha value is -1.39. The molecule has 4 nitrogen and oxygen atoms in total. The van der Waals surface area contributed by atoms with Crippen molar-refractivity contribution in [2.75, 3.05) is 0 Å². The molecule has 4 atom stereocenters. The minimum Gasteiger partial charge on any atom is -0.459 e. The number of carbonyl (C=O) groups excluding carboxylic acids is 1. The summed E-state index contributed by atoms with van der Waals surface area (Å²) in [6.45, 7) is 5.32. The number of esters is 1. The van der Waals surface area contributed by atoms with Crippen LogP contribution in [0.1, 0.15) is 45.6 Å². The summed E-state index contributed by atoms with van der Waals surface area (Å²) >= 11 is 0. The Kier molecular flexibility index (Phi) is 4.74. The average molecular weight is 318 g/mol. The van der Waals surface area contributed by atoms with Gasteiger partial charge in [-0.05, 0) is 51.0 Å². The zero-order chi connectivity index (χ0) is 16.4. The van der Waals surface area contributed by atoms with Gasteiger partial charge in [-0.15, -0.1) is 0 Å². The number of aryl methyl sites for hydroxylation is 1. The van der Waals surface area contributed by atoms with Crippen molar-refractivity contribution >= 4 is 5.97 Å². The van der Waals surface area contributed by atoms with E-state index in [1.165, 1.54) is 12.5 Å². The minimum atomic E-state index is -0.595. The molecule has 0 amide bonds. The molecule has 1 aliphatic heterocycles. The van der Waals surface area contributed by atoms with E-state index >= 15 is 0 Å². The van der Waals surface area contributed by atoms with Crippen LogP contribution in [0.4, 0.5) is 0 Å². The van der Waals surface area contributed by atoms with Gasteiger partial charge in [0.05, 0.1) is 6.10 Å². The van der Waals surface area contributed by atoms with E-state index in [0.717, 1.165) is 25.7 Å². The lowest BCUT2D eigenvalue weighted by Crippen LogP contribution is -2.47. The van der Waals surface area contributed by atoms with E-state index in [1.807, 2.05) is 19.9 Å². The van der Waals surface area contributed by atoms with Crippen LogP contribution in [0, 0.1) is 5.92 Å². The Labute approximate surface area is 138 Å². The predicted octanol–water partition coefficient (Wildman–Crippen LogP) is 3.48. The highest BCUT2D eigenvalue weighted by Gasteiger charge is 2.51. The first-order valence-electron chi connectivity index (χ1n) is 8.51. The molecule has 2 aliphatic rings. The fourth-order valence-electron chi connectivity index (χ4n) is 3.84. The van der Waals surface area contributed by atoms with Gasteiger partial charge in [0.25, 0.3) is 0 Å². The molecule has 1 aromatic carbocycles. The maximum atomic E-state index is 11.6. The SMILES string of the molecule is CC(=O)OC1C(CCc2ccccc2)CCC2OC(C)(C)OC21. The van der Waals surface area contributed by atoms with Gasteiger partial charge in [-0.25, -0.2) is 0 Å². The first-order chi connectivity index (χ1) is 10.9. The average Bonchev–Trinajstić information content (AvgIpc) is 2.82. The summed E-state index contributed by atoms with van der Waals surface area (Å²) in [6.07, 6.45) is 3.62. The van der Waals surface area contributed by atoms with Gasteiger partial charge in [0.1, 0.15) is 12.2 Å². The van der Waals surface area contributed by atoms with Crippen LogP contribution >= 0.6 is 0 Å². The van der Waals surface area contributed by atoms with Crippen LogP contribution in [-0.4, -0.2) is 30.1 Å². The molecule has 4 unspecified atom stereocenters. The van der Waals surface area contributed by atoms with Gasteiger partial charge in [0, 0.05) is 6.92 Å². The lowest BCUT2D eigenvalue weighted by molar-refractivity contribution is -0.174. The molecule has 0 aromatic heterocycles. The molecule has 1 saturated heterocycles. The van der Waals surface area contributed by atoms with Crippen molar-refractivity contribution in [2.45, 2.75) is 70.6 Å². The highest BCUT2D eigenvalue weighted by Crippen LogP contribution is 2.41. The van der Waals surface area contributed by atoms with Crippen molar-refractivity contribution in [2.24, 2.45) is 5.92 Å². The molecule has 4 heteroatoms. The monoisotopic (exact) mass is 318 g/mol. The van der Waals surface area contributed by atoms with Crippen LogP contribution in [0.15, 0.2) is 30.3 Å². The highest BCUT2D eigenvalue weighted by molar-refractivity contribution is 5.66. The van der Waals surface area contributed by atoms with Crippen molar-refractivity contribution in [1.29, 1.82) is 0 Å². The molecule has 0 radical (unpaired) electrons. The van der Waals surface area contributed by atoms with Crippen LogP contribution in [-0.2, 0) is 25.4 Å². The number of fused-ring (bicyclic) bond motifs is 1. The lowest BCUT2D eigenvalue weighted by Gasteiger charge is -2.37. The van der Waals surface area contributed by atoms with Crippen LogP contribution in [0.2, 0.25) is 0 Å². The van der Waals surface area contributed by atoms with Gasteiger partial charge >= 0.3 is 5.97 Å². The van der Waals surface area contributed by atoms with Crippen molar-refractivity contribution in [1.82, 2.24) is 0 Å². The number of hydrogen-bond donors (Lipinski definition) is 0. The molecule has 0 bridgehead atoms. The third-order valence-electron chi connectivity index (χ3n) is 4.78. The van der Waals surface area contributed by atoms with E-state index in [4.69, 9.17) is 14.2 Å². The molecule has 1 heterocycles. The Balaban J connectivity index is 1.70. The van der Waals surface area contributed by atoms with Crippen LogP contribution < -0.4 is 0 Å². The van der Waals surface area contributed by atoms with E-state index in [-0.39, 0.29) is 24.3 Å². The predicted molar refractivity (Wildman–Crippen MR) is 86.9 cm³/mol. The molecular formula is C19H26O4. The zero-order valence-electron chi connectivity index (χ0n) is 14.2. The third kappa shape index (κ3) is 3.93. The largest absolute Gasteiger partial charge is 0.459 e. The van der Waals surface area contributed by atoms with Crippen molar-refractivity contribution in [3.63, 3.8) is 0 Å². The quantitative estimate of drug-likeness (QED) is 0.797. The first kappa shape index (κ1) is 16.5. The van der Waals surface area contributed by atoms with Gasteiger partial charge in [-0.1, -0.05) is 30.3 Å². The second-order valence-corrected chi connectivity index (χ2v) is 7.07. The third-order valence-corrected chi connectivity index (χ3v) is 4.78.